The van der Waals surface area contributed by atoms with E-state index in [9.17, 15) is 0 Å². The Morgan fingerprint density at radius 2 is 0.929 bits per heavy atom. The van der Waals surface area contributed by atoms with E-state index in [0.29, 0.717) is 23.0 Å². The first kappa shape index (κ1) is 27.4. The molecule has 0 spiro atoms. The van der Waals surface area contributed by atoms with Gasteiger partial charge >= 0.3 is 0 Å². The maximum Gasteiger partial charge on any atom is 0.165 e. The molecule has 3 aromatic heterocycles. The van der Waals surface area contributed by atoms with Crippen LogP contribution in [0.1, 0.15) is 6.85 Å². The molecule has 0 radical (unpaired) electrons. The Morgan fingerprint density at radius 1 is 0.393 bits per heavy atom. The maximum atomic E-state index is 8.34. The van der Waals surface area contributed by atoms with Crippen molar-refractivity contribution < 1.29 is 11.3 Å². The van der Waals surface area contributed by atoms with Gasteiger partial charge in [0.05, 0.1) is 6.85 Å². The fourth-order valence-electron chi connectivity index (χ4n) is 7.44. The van der Waals surface area contributed by atoms with Crippen LogP contribution in [0, 0.1) is 0 Å². The van der Waals surface area contributed by atoms with E-state index in [1.54, 1.807) is 23.5 Å². The Labute approximate surface area is 334 Å². The van der Waals surface area contributed by atoms with Crippen molar-refractivity contribution in [2.75, 3.05) is 0 Å². The highest BCUT2D eigenvalue weighted by molar-refractivity contribution is 7.26. The van der Waals surface area contributed by atoms with Crippen molar-refractivity contribution in [3.63, 3.8) is 0 Å². The molecule has 0 N–H and O–H groups in total. The number of aromatic nitrogens is 3. The number of thiophene rings is 1. The van der Waals surface area contributed by atoms with Crippen molar-refractivity contribution in [3.8, 4) is 67.5 Å². The third-order valence-electron chi connectivity index (χ3n) is 10.3. The first-order chi connectivity index (χ1) is 29.8. The zero-order valence-electron chi connectivity index (χ0n) is 34.7. The van der Waals surface area contributed by atoms with Crippen molar-refractivity contribution in [1.29, 1.82) is 0 Å². The SMILES string of the molecule is [2H]c1c([2H])c([2H])c(-c2ccc(-c3ccc(-c4ccc5c(c4)oc4cc(-c6nc(-c7ccccc7)nc(-c7cccc8c7sc7ccccc78)n6)ccc45)cc3)cc2)c([2H])c1[2H]. The summed E-state index contributed by atoms with van der Waals surface area (Å²) in [5.41, 5.74) is 8.96. The number of hydrogen-bond acceptors (Lipinski definition) is 5. The number of nitrogens with zero attached hydrogens (tertiary/aromatic N) is 3. The minimum Gasteiger partial charge on any atom is -0.456 e. The number of furan rings is 1. The van der Waals surface area contributed by atoms with Crippen LogP contribution in [0.4, 0.5) is 0 Å². The van der Waals surface area contributed by atoms with Crippen LogP contribution >= 0.6 is 11.3 Å². The fraction of sp³-hybridized carbons (Fsp3) is 0. The van der Waals surface area contributed by atoms with E-state index < -0.39 is 6.04 Å². The molecule has 4 nitrogen and oxygen atoms in total. The number of hydrogen-bond donors (Lipinski definition) is 0. The lowest BCUT2D eigenvalue weighted by Gasteiger charge is -2.09. The Morgan fingerprint density at radius 3 is 1.64 bits per heavy atom. The lowest BCUT2D eigenvalue weighted by molar-refractivity contribution is 0.669. The second-order valence-electron chi connectivity index (χ2n) is 13.6. The van der Waals surface area contributed by atoms with Crippen LogP contribution in [0.5, 0.6) is 0 Å². The molecular formula is C51H31N3OS. The second-order valence-corrected chi connectivity index (χ2v) is 14.7. The van der Waals surface area contributed by atoms with E-state index in [1.165, 1.54) is 15.5 Å². The van der Waals surface area contributed by atoms with E-state index in [2.05, 4.69) is 97.1 Å². The van der Waals surface area contributed by atoms with Crippen LogP contribution in [0.3, 0.4) is 0 Å². The van der Waals surface area contributed by atoms with Crippen LogP contribution < -0.4 is 0 Å². The highest BCUT2D eigenvalue weighted by Crippen LogP contribution is 2.40. The van der Waals surface area contributed by atoms with Gasteiger partial charge in [0.25, 0.3) is 0 Å². The molecule has 0 aliphatic carbocycles. The van der Waals surface area contributed by atoms with Gasteiger partial charge in [-0.1, -0.05) is 152 Å². The summed E-state index contributed by atoms with van der Waals surface area (Å²) in [4.78, 5) is 15.1. The van der Waals surface area contributed by atoms with Crippen LogP contribution in [0.2, 0.25) is 0 Å². The van der Waals surface area contributed by atoms with E-state index in [4.69, 9.17) is 26.2 Å². The van der Waals surface area contributed by atoms with Gasteiger partial charge in [-0.15, -0.1) is 11.3 Å². The zero-order chi connectivity index (χ0) is 41.4. The Hall–Kier alpha value is -7.21. The molecule has 0 atom stereocenters. The molecule has 8 aromatic carbocycles. The lowest BCUT2D eigenvalue weighted by atomic mass is 9.97. The summed E-state index contributed by atoms with van der Waals surface area (Å²) < 4.78 is 49.6. The minimum atomic E-state index is -0.398. The van der Waals surface area contributed by atoms with Crippen LogP contribution in [0.25, 0.3) is 110 Å². The van der Waals surface area contributed by atoms with Gasteiger partial charge < -0.3 is 4.42 Å². The summed E-state index contributed by atoms with van der Waals surface area (Å²) in [6.07, 6.45) is 0. The fourth-order valence-corrected chi connectivity index (χ4v) is 8.65. The summed E-state index contributed by atoms with van der Waals surface area (Å²) in [7, 11) is 0. The third-order valence-corrected chi connectivity index (χ3v) is 11.5. The van der Waals surface area contributed by atoms with Gasteiger partial charge in [-0.25, -0.2) is 15.0 Å². The molecule has 262 valence electrons. The topological polar surface area (TPSA) is 51.8 Å². The predicted molar refractivity (Wildman–Crippen MR) is 233 cm³/mol. The molecule has 0 saturated heterocycles. The third kappa shape index (κ3) is 5.65. The number of fused-ring (bicyclic) bond motifs is 6. The number of benzene rings is 8. The normalized spacial score (nSPS) is 12.8. The molecular weight excluding hydrogens is 703 g/mol. The highest BCUT2D eigenvalue weighted by atomic mass is 32.1. The molecule has 0 aliphatic heterocycles. The van der Waals surface area contributed by atoms with Gasteiger partial charge in [0.2, 0.25) is 0 Å². The lowest BCUT2D eigenvalue weighted by Crippen LogP contribution is -2.00. The molecule has 56 heavy (non-hydrogen) atoms. The van der Waals surface area contributed by atoms with Crippen molar-refractivity contribution in [3.05, 3.63) is 188 Å². The summed E-state index contributed by atoms with van der Waals surface area (Å²) in [5.74, 6) is 1.78. The Bertz CT molecular complexity index is 3500. The summed E-state index contributed by atoms with van der Waals surface area (Å²) in [5, 5.41) is 4.42. The first-order valence-electron chi connectivity index (χ1n) is 20.8. The molecule has 0 saturated carbocycles. The van der Waals surface area contributed by atoms with Crippen molar-refractivity contribution in [2.45, 2.75) is 0 Å². The van der Waals surface area contributed by atoms with Gasteiger partial charge in [0.1, 0.15) is 11.2 Å². The number of rotatable bonds is 6. The van der Waals surface area contributed by atoms with Gasteiger partial charge in [0, 0.05) is 47.6 Å². The zero-order valence-corrected chi connectivity index (χ0v) is 30.5. The Balaban J connectivity index is 0.922. The van der Waals surface area contributed by atoms with Gasteiger partial charge in [-0.05, 0) is 69.8 Å². The Kier molecular flexibility index (Phi) is 6.49. The summed E-state index contributed by atoms with van der Waals surface area (Å²) >= 11 is 1.75. The van der Waals surface area contributed by atoms with Crippen molar-refractivity contribution in [1.82, 2.24) is 15.0 Å². The molecule has 11 aromatic rings. The molecule has 0 aliphatic rings. The van der Waals surface area contributed by atoms with E-state index >= 15 is 0 Å². The highest BCUT2D eigenvalue weighted by Gasteiger charge is 2.18. The van der Waals surface area contributed by atoms with Crippen LogP contribution in [-0.4, -0.2) is 15.0 Å². The summed E-state index contributed by atoms with van der Waals surface area (Å²) in [6.45, 7) is 0. The second kappa shape index (κ2) is 13.3. The molecule has 0 amide bonds. The van der Waals surface area contributed by atoms with Gasteiger partial charge in [0.15, 0.2) is 17.5 Å². The van der Waals surface area contributed by atoms with Crippen LogP contribution in [-0.2, 0) is 0 Å². The molecule has 0 fully saturated rings. The van der Waals surface area contributed by atoms with E-state index in [0.717, 1.165) is 65.6 Å². The maximum absolute atomic E-state index is 8.34. The smallest absolute Gasteiger partial charge is 0.165 e. The molecule has 0 bridgehead atoms. The largest absolute Gasteiger partial charge is 0.456 e. The van der Waals surface area contributed by atoms with Crippen molar-refractivity contribution in [2.24, 2.45) is 0 Å². The van der Waals surface area contributed by atoms with E-state index in [1.807, 2.05) is 48.5 Å². The average molecular weight is 739 g/mol. The minimum absolute atomic E-state index is 0.193. The predicted octanol–water partition coefficient (Wildman–Crippen LogP) is 14.1. The molecule has 11 rings (SSSR count). The summed E-state index contributed by atoms with van der Waals surface area (Å²) in [6, 6.07) is 51.4. The first-order valence-corrected chi connectivity index (χ1v) is 19.1. The molecule has 0 unspecified atom stereocenters. The standard InChI is InChI=1S/C51H31N3OS/c1-3-10-32(11-4-1)33-18-20-34(21-19-33)35-22-24-36(25-23-35)38-26-28-40-41-29-27-39(31-46(41)55-45(40)30-38)50-52-49(37-12-5-2-6-13-37)53-51(54-50)44-16-9-15-43-42-14-7-8-17-47(42)56-48(43)44/h1-31H/i1D,3D,4D,10D,11D. The van der Waals surface area contributed by atoms with Gasteiger partial charge in [-0.3, -0.25) is 0 Å². The van der Waals surface area contributed by atoms with Crippen LogP contribution in [0.15, 0.2) is 192 Å². The quantitative estimate of drug-likeness (QED) is 0.170. The average Bonchev–Trinajstić information content (AvgIpc) is 3.88. The molecule has 5 heteroatoms. The monoisotopic (exact) mass is 738 g/mol. The van der Waals surface area contributed by atoms with Gasteiger partial charge in [-0.2, -0.15) is 0 Å². The van der Waals surface area contributed by atoms with E-state index in [-0.39, 0.29) is 29.7 Å². The molecule has 3 heterocycles. The van der Waals surface area contributed by atoms with Crippen molar-refractivity contribution >= 4 is 53.4 Å².